The predicted octanol–water partition coefficient (Wildman–Crippen LogP) is 3.96. The van der Waals surface area contributed by atoms with Crippen LogP contribution in [0.15, 0.2) is 30.3 Å². The Balaban J connectivity index is 1.24. The first-order valence-corrected chi connectivity index (χ1v) is 11.4. The summed E-state index contributed by atoms with van der Waals surface area (Å²) in [6.45, 7) is 1.93. The number of fused-ring (bicyclic) bond motifs is 1. The summed E-state index contributed by atoms with van der Waals surface area (Å²) in [4.78, 5) is 18.2. The van der Waals surface area contributed by atoms with Crippen LogP contribution in [0.1, 0.15) is 54.2 Å². The van der Waals surface area contributed by atoms with Crippen molar-refractivity contribution < 1.29 is 23.8 Å². The van der Waals surface area contributed by atoms with Crippen LogP contribution in [0.2, 0.25) is 0 Å². The molecule has 1 aliphatic heterocycles. The molecule has 1 aromatic heterocycles. The first-order valence-electron chi connectivity index (χ1n) is 11.4. The summed E-state index contributed by atoms with van der Waals surface area (Å²) >= 11 is 0. The molecule has 1 N–H and O–H groups in total. The summed E-state index contributed by atoms with van der Waals surface area (Å²) in [6.07, 6.45) is 6.54. The lowest BCUT2D eigenvalue weighted by Crippen LogP contribution is -2.53. The molecule has 172 valence electrons. The summed E-state index contributed by atoms with van der Waals surface area (Å²) in [6, 6.07) is 8.63. The Labute approximate surface area is 188 Å². The van der Waals surface area contributed by atoms with Crippen molar-refractivity contribution in [1.29, 1.82) is 0 Å². The quantitative estimate of drug-likeness (QED) is 0.562. The minimum atomic E-state index is -0.909. The molecule has 0 saturated carbocycles. The molecule has 0 amide bonds. The monoisotopic (exact) mass is 442 g/mol. The van der Waals surface area contributed by atoms with Gasteiger partial charge in [-0.15, -0.1) is 0 Å². The fraction of sp³-hybridized carbons (Fsp3) is 0.520. The van der Waals surface area contributed by atoms with Crippen molar-refractivity contribution in [1.82, 2.24) is 9.88 Å². The molecular formula is C25H31FN2O4. The van der Waals surface area contributed by atoms with Crippen LogP contribution in [0.5, 0.6) is 5.75 Å². The van der Waals surface area contributed by atoms with Gasteiger partial charge in [0.05, 0.1) is 19.6 Å². The summed E-state index contributed by atoms with van der Waals surface area (Å²) in [5, 5.41) is 9.32. The van der Waals surface area contributed by atoms with Crippen LogP contribution in [0.25, 0.3) is 0 Å². The average molecular weight is 443 g/mol. The van der Waals surface area contributed by atoms with Gasteiger partial charge in [0, 0.05) is 37.1 Å². The number of carboxylic acid groups (broad SMARTS) is 1. The highest BCUT2D eigenvalue weighted by Gasteiger charge is 2.35. The molecule has 32 heavy (non-hydrogen) atoms. The fourth-order valence-electron chi connectivity index (χ4n) is 4.61. The van der Waals surface area contributed by atoms with Gasteiger partial charge in [0.1, 0.15) is 0 Å². The third-order valence-electron chi connectivity index (χ3n) is 6.41. The van der Waals surface area contributed by atoms with Gasteiger partial charge < -0.3 is 14.6 Å². The van der Waals surface area contributed by atoms with Gasteiger partial charge in [-0.05, 0) is 67.9 Å². The minimum Gasteiger partial charge on any atom is -0.494 e. The third-order valence-corrected chi connectivity index (χ3v) is 6.41. The number of hydrogen-bond acceptors (Lipinski definition) is 5. The second kappa shape index (κ2) is 10.4. The summed E-state index contributed by atoms with van der Waals surface area (Å²) in [7, 11) is 1.41. The molecular weight excluding hydrogens is 411 g/mol. The van der Waals surface area contributed by atoms with Gasteiger partial charge in [0.2, 0.25) is 0 Å². The molecule has 4 rings (SSSR count). The van der Waals surface area contributed by atoms with E-state index in [1.165, 1.54) is 37.3 Å². The van der Waals surface area contributed by atoms with Crippen LogP contribution >= 0.6 is 0 Å². The number of aliphatic carboxylic acids is 1. The van der Waals surface area contributed by atoms with Crippen molar-refractivity contribution in [2.24, 2.45) is 0 Å². The van der Waals surface area contributed by atoms with Crippen LogP contribution < -0.4 is 4.74 Å². The number of carboxylic acids is 1. The number of nitrogens with zero attached hydrogens (tertiary/aromatic N) is 2. The zero-order valence-electron chi connectivity index (χ0n) is 18.6. The fourth-order valence-corrected chi connectivity index (χ4v) is 4.61. The van der Waals surface area contributed by atoms with E-state index in [4.69, 9.17) is 14.5 Å². The molecule has 0 spiro atoms. The number of aryl methyl sites for hydroxylation is 3. The van der Waals surface area contributed by atoms with E-state index in [2.05, 4.69) is 12.1 Å². The molecule has 0 radical (unpaired) electrons. The van der Waals surface area contributed by atoms with Crippen molar-refractivity contribution >= 4 is 5.97 Å². The van der Waals surface area contributed by atoms with E-state index in [0.717, 1.165) is 31.4 Å². The molecule has 6 nitrogen and oxygen atoms in total. The number of benzene rings is 1. The number of hydrogen-bond donors (Lipinski definition) is 1. The zero-order valence-corrected chi connectivity index (χ0v) is 18.6. The second-order valence-corrected chi connectivity index (χ2v) is 8.67. The number of pyridine rings is 1. The number of halogens is 1. The van der Waals surface area contributed by atoms with Gasteiger partial charge in [-0.3, -0.25) is 14.7 Å². The molecule has 1 aliphatic carbocycles. The van der Waals surface area contributed by atoms with E-state index >= 15 is 0 Å². The third kappa shape index (κ3) is 5.45. The maximum absolute atomic E-state index is 14.1. The Bertz CT molecular complexity index is 946. The van der Waals surface area contributed by atoms with E-state index in [1.807, 2.05) is 4.90 Å². The molecule has 2 heterocycles. The first-order chi connectivity index (χ1) is 15.5. The molecule has 1 saturated heterocycles. The number of rotatable bonds is 10. The smallest absolute Gasteiger partial charge is 0.305 e. The van der Waals surface area contributed by atoms with Crippen molar-refractivity contribution in [3.63, 3.8) is 0 Å². The number of carbonyl (C=O) groups is 1. The van der Waals surface area contributed by atoms with Gasteiger partial charge in [-0.2, -0.15) is 0 Å². The molecule has 2 aliphatic rings. The lowest BCUT2D eigenvalue weighted by molar-refractivity contribution is -0.140. The van der Waals surface area contributed by atoms with E-state index in [0.29, 0.717) is 25.3 Å². The molecule has 0 bridgehead atoms. The van der Waals surface area contributed by atoms with Crippen LogP contribution in [0, 0.1) is 5.82 Å². The number of aromatic nitrogens is 1. The van der Waals surface area contributed by atoms with Crippen LogP contribution in [-0.4, -0.2) is 53.9 Å². The lowest BCUT2D eigenvalue weighted by atomic mass is 9.95. The maximum atomic E-state index is 14.1. The normalized spacial score (nSPS) is 17.4. The van der Waals surface area contributed by atoms with Crippen molar-refractivity contribution in [3.8, 4) is 5.75 Å². The van der Waals surface area contributed by atoms with E-state index < -0.39 is 11.8 Å². The highest BCUT2D eigenvalue weighted by Crippen LogP contribution is 2.32. The van der Waals surface area contributed by atoms with E-state index in [-0.39, 0.29) is 24.3 Å². The maximum Gasteiger partial charge on any atom is 0.305 e. The summed E-state index contributed by atoms with van der Waals surface area (Å²) in [5.74, 6) is -1.24. The zero-order chi connectivity index (χ0) is 22.5. The Hall–Kier alpha value is -2.51. The highest BCUT2D eigenvalue weighted by molar-refractivity contribution is 5.68. The van der Waals surface area contributed by atoms with Crippen molar-refractivity contribution in [2.75, 3.05) is 26.8 Å². The average Bonchev–Trinajstić information content (AvgIpc) is 2.76. The Morgan fingerprint density at radius 2 is 2.06 bits per heavy atom. The lowest BCUT2D eigenvalue weighted by Gasteiger charge is -2.43. The second-order valence-electron chi connectivity index (χ2n) is 8.67. The van der Waals surface area contributed by atoms with E-state index in [9.17, 15) is 14.3 Å². The minimum absolute atomic E-state index is 0.0749. The van der Waals surface area contributed by atoms with E-state index in [1.54, 1.807) is 12.1 Å². The standard InChI is InChI=1S/C25H31FN2O4/c1-31-24-11-9-18(13-21(24)26)23(14-25(29)30)28-15-20(16-28)32-12-4-6-19-10-8-17-5-2-3-7-22(17)27-19/h8-11,13,20,23H,2-7,12,14-16H2,1H3,(H,29,30)/t23-/m0/s1. The van der Waals surface area contributed by atoms with Gasteiger partial charge >= 0.3 is 5.97 Å². The van der Waals surface area contributed by atoms with Crippen LogP contribution in [0.4, 0.5) is 4.39 Å². The molecule has 1 aromatic carbocycles. The van der Waals surface area contributed by atoms with Crippen LogP contribution in [0.3, 0.4) is 0 Å². The molecule has 0 unspecified atom stereocenters. The molecule has 2 aromatic rings. The Morgan fingerprint density at radius 3 is 2.81 bits per heavy atom. The first kappa shape index (κ1) is 22.7. The van der Waals surface area contributed by atoms with Gasteiger partial charge in [0.25, 0.3) is 0 Å². The predicted molar refractivity (Wildman–Crippen MR) is 118 cm³/mol. The van der Waals surface area contributed by atoms with Gasteiger partial charge in [-0.1, -0.05) is 12.1 Å². The summed E-state index contributed by atoms with van der Waals surface area (Å²) in [5.41, 5.74) is 4.44. The van der Waals surface area contributed by atoms with Gasteiger partial charge in [0.15, 0.2) is 11.6 Å². The number of ether oxygens (including phenoxy) is 2. The molecule has 1 fully saturated rings. The topological polar surface area (TPSA) is 71.9 Å². The number of likely N-dealkylation sites (tertiary alicyclic amines) is 1. The molecule has 1 atom stereocenters. The SMILES string of the molecule is COc1ccc([C@H](CC(=O)O)N2CC(OCCCc3ccc4c(n3)CCCC4)C2)cc1F. The van der Waals surface area contributed by atoms with Crippen LogP contribution in [-0.2, 0) is 28.8 Å². The largest absolute Gasteiger partial charge is 0.494 e. The summed E-state index contributed by atoms with van der Waals surface area (Å²) < 4.78 is 25.1. The van der Waals surface area contributed by atoms with Gasteiger partial charge in [-0.25, -0.2) is 4.39 Å². The van der Waals surface area contributed by atoms with Crippen molar-refractivity contribution in [3.05, 3.63) is 58.7 Å². The molecule has 7 heteroatoms. The Kier molecular flexibility index (Phi) is 7.37. The van der Waals surface area contributed by atoms with Crippen molar-refractivity contribution in [2.45, 2.75) is 57.1 Å². The Morgan fingerprint density at radius 1 is 1.25 bits per heavy atom. The highest BCUT2D eigenvalue weighted by atomic mass is 19.1. The number of methoxy groups -OCH3 is 1.